The Hall–Kier alpha value is -2.92. The highest BCUT2D eigenvalue weighted by molar-refractivity contribution is 7.80. The Balaban J connectivity index is 1.72. The SMILES string of the molecule is NC(=S)N/N=C\c1cccc(OCc2cccc3ccccc23)c1. The third-order valence-corrected chi connectivity index (χ3v) is 3.61. The fourth-order valence-corrected chi connectivity index (χ4v) is 2.49. The zero-order valence-electron chi connectivity index (χ0n) is 13.0. The number of rotatable bonds is 5. The minimum absolute atomic E-state index is 0.134. The van der Waals surface area contributed by atoms with Gasteiger partial charge in [0, 0.05) is 0 Å². The number of hydrogen-bond donors (Lipinski definition) is 2. The van der Waals surface area contributed by atoms with Gasteiger partial charge in [-0.05, 0) is 46.2 Å². The highest BCUT2D eigenvalue weighted by atomic mass is 32.1. The Morgan fingerprint density at radius 2 is 1.88 bits per heavy atom. The lowest BCUT2D eigenvalue weighted by Crippen LogP contribution is -2.23. The largest absolute Gasteiger partial charge is 0.489 e. The molecule has 5 heteroatoms. The molecule has 120 valence electrons. The van der Waals surface area contributed by atoms with Crippen LogP contribution >= 0.6 is 12.2 Å². The first-order valence-corrected chi connectivity index (χ1v) is 7.91. The van der Waals surface area contributed by atoms with Gasteiger partial charge < -0.3 is 10.5 Å². The summed E-state index contributed by atoms with van der Waals surface area (Å²) in [7, 11) is 0. The topological polar surface area (TPSA) is 59.6 Å². The van der Waals surface area contributed by atoms with E-state index < -0.39 is 0 Å². The summed E-state index contributed by atoms with van der Waals surface area (Å²) in [6.07, 6.45) is 1.64. The van der Waals surface area contributed by atoms with Gasteiger partial charge in [0.2, 0.25) is 0 Å². The highest BCUT2D eigenvalue weighted by Crippen LogP contribution is 2.21. The number of ether oxygens (including phenoxy) is 1. The Kier molecular flexibility index (Phi) is 5.03. The molecule has 0 amide bonds. The molecule has 0 aliphatic heterocycles. The zero-order chi connectivity index (χ0) is 16.8. The third-order valence-electron chi connectivity index (χ3n) is 3.52. The van der Waals surface area contributed by atoms with Gasteiger partial charge in [-0.25, -0.2) is 0 Å². The first-order valence-electron chi connectivity index (χ1n) is 7.50. The number of hydrazone groups is 1. The standard InChI is InChI=1S/C19H17N3OS/c20-19(24)22-21-12-14-5-3-9-17(11-14)23-13-16-8-4-7-15-6-1-2-10-18(15)16/h1-12H,13H2,(H3,20,22,24)/b21-12-. The van der Waals surface area contributed by atoms with Gasteiger partial charge in [-0.3, -0.25) is 5.43 Å². The van der Waals surface area contributed by atoms with Gasteiger partial charge in [0.1, 0.15) is 12.4 Å². The van der Waals surface area contributed by atoms with Gasteiger partial charge in [0.15, 0.2) is 5.11 Å². The molecule has 0 saturated heterocycles. The molecular weight excluding hydrogens is 318 g/mol. The second kappa shape index (κ2) is 7.57. The lowest BCUT2D eigenvalue weighted by molar-refractivity contribution is 0.307. The van der Waals surface area contributed by atoms with Crippen LogP contribution in [0, 0.1) is 0 Å². The molecule has 0 heterocycles. The molecule has 0 bridgehead atoms. The molecule has 0 saturated carbocycles. The molecule has 3 N–H and O–H groups in total. The van der Waals surface area contributed by atoms with E-state index in [0.29, 0.717) is 6.61 Å². The predicted molar refractivity (Wildman–Crippen MR) is 102 cm³/mol. The molecule has 0 aliphatic carbocycles. The molecule has 0 aromatic heterocycles. The molecule has 0 fully saturated rings. The molecule has 3 aromatic carbocycles. The molecule has 0 radical (unpaired) electrons. The maximum Gasteiger partial charge on any atom is 0.184 e. The van der Waals surface area contributed by atoms with Crippen LogP contribution in [0.1, 0.15) is 11.1 Å². The lowest BCUT2D eigenvalue weighted by atomic mass is 10.1. The van der Waals surface area contributed by atoms with E-state index in [1.807, 2.05) is 42.5 Å². The van der Waals surface area contributed by atoms with Crippen molar-refractivity contribution in [1.82, 2.24) is 5.43 Å². The molecular formula is C19H17N3OS. The van der Waals surface area contributed by atoms with Crippen LogP contribution in [0.4, 0.5) is 0 Å². The molecule has 4 nitrogen and oxygen atoms in total. The number of nitrogens with zero attached hydrogens (tertiary/aromatic N) is 1. The second-order valence-electron chi connectivity index (χ2n) is 5.23. The minimum atomic E-state index is 0.134. The van der Waals surface area contributed by atoms with Crippen LogP contribution in [0.15, 0.2) is 71.8 Å². The van der Waals surface area contributed by atoms with Crippen molar-refractivity contribution in [3.8, 4) is 5.75 Å². The normalized spacial score (nSPS) is 10.8. The quantitative estimate of drug-likeness (QED) is 0.425. The zero-order valence-corrected chi connectivity index (χ0v) is 13.8. The van der Waals surface area contributed by atoms with Crippen molar-refractivity contribution in [2.24, 2.45) is 10.8 Å². The van der Waals surface area contributed by atoms with E-state index in [4.69, 9.17) is 22.7 Å². The van der Waals surface area contributed by atoms with Crippen LogP contribution in [0.3, 0.4) is 0 Å². The minimum Gasteiger partial charge on any atom is -0.489 e. The van der Waals surface area contributed by atoms with E-state index in [-0.39, 0.29) is 5.11 Å². The van der Waals surface area contributed by atoms with Crippen molar-refractivity contribution in [3.63, 3.8) is 0 Å². The summed E-state index contributed by atoms with van der Waals surface area (Å²) in [4.78, 5) is 0. The van der Waals surface area contributed by atoms with Gasteiger partial charge in [-0.1, -0.05) is 54.6 Å². The van der Waals surface area contributed by atoms with Crippen LogP contribution in [-0.2, 0) is 6.61 Å². The molecule has 0 aliphatic rings. The van der Waals surface area contributed by atoms with Crippen molar-refractivity contribution >= 4 is 34.3 Å². The van der Waals surface area contributed by atoms with E-state index in [0.717, 1.165) is 16.9 Å². The van der Waals surface area contributed by atoms with Crippen molar-refractivity contribution in [2.75, 3.05) is 0 Å². The monoisotopic (exact) mass is 335 g/mol. The van der Waals surface area contributed by atoms with Crippen LogP contribution in [0.25, 0.3) is 10.8 Å². The Morgan fingerprint density at radius 3 is 2.75 bits per heavy atom. The molecule has 0 unspecified atom stereocenters. The summed E-state index contributed by atoms with van der Waals surface area (Å²) >= 11 is 4.70. The van der Waals surface area contributed by atoms with Crippen molar-refractivity contribution in [2.45, 2.75) is 6.61 Å². The Labute approximate surface area is 145 Å². The van der Waals surface area contributed by atoms with Crippen LogP contribution < -0.4 is 15.9 Å². The summed E-state index contributed by atoms with van der Waals surface area (Å²) in [5.41, 5.74) is 9.91. The van der Waals surface area contributed by atoms with Gasteiger partial charge in [-0.15, -0.1) is 0 Å². The van der Waals surface area contributed by atoms with E-state index >= 15 is 0 Å². The summed E-state index contributed by atoms with van der Waals surface area (Å²) in [6, 6.07) is 22.2. The van der Waals surface area contributed by atoms with Gasteiger partial charge >= 0.3 is 0 Å². The number of hydrogen-bond acceptors (Lipinski definition) is 3. The number of benzene rings is 3. The van der Waals surface area contributed by atoms with E-state index in [1.165, 1.54) is 10.8 Å². The molecule has 3 aromatic rings. The molecule has 0 atom stereocenters. The maximum atomic E-state index is 5.94. The molecule has 0 spiro atoms. The average molecular weight is 335 g/mol. The Morgan fingerprint density at radius 1 is 1.08 bits per heavy atom. The molecule has 3 rings (SSSR count). The number of nitrogens with one attached hydrogen (secondary N) is 1. The molecule has 24 heavy (non-hydrogen) atoms. The smallest absolute Gasteiger partial charge is 0.184 e. The summed E-state index contributed by atoms with van der Waals surface area (Å²) in [5.74, 6) is 0.780. The number of thiocarbonyl (C=S) groups is 1. The fraction of sp³-hybridized carbons (Fsp3) is 0.0526. The van der Waals surface area contributed by atoms with E-state index in [2.05, 4.69) is 34.8 Å². The lowest BCUT2D eigenvalue weighted by Gasteiger charge is -2.09. The van der Waals surface area contributed by atoms with Gasteiger partial charge in [0.05, 0.1) is 6.21 Å². The predicted octanol–water partition coefficient (Wildman–Crippen LogP) is 3.59. The van der Waals surface area contributed by atoms with Crippen LogP contribution in [0.5, 0.6) is 5.75 Å². The van der Waals surface area contributed by atoms with Crippen LogP contribution in [0.2, 0.25) is 0 Å². The number of fused-ring (bicyclic) bond motifs is 1. The van der Waals surface area contributed by atoms with Crippen molar-refractivity contribution in [1.29, 1.82) is 0 Å². The van der Waals surface area contributed by atoms with Crippen molar-refractivity contribution in [3.05, 3.63) is 77.9 Å². The van der Waals surface area contributed by atoms with Gasteiger partial charge in [0.25, 0.3) is 0 Å². The first-order chi connectivity index (χ1) is 11.7. The van der Waals surface area contributed by atoms with E-state index in [9.17, 15) is 0 Å². The first kappa shape index (κ1) is 16.0. The average Bonchev–Trinajstić information content (AvgIpc) is 2.60. The van der Waals surface area contributed by atoms with E-state index in [1.54, 1.807) is 6.21 Å². The summed E-state index contributed by atoms with van der Waals surface area (Å²) in [5, 5.41) is 6.50. The summed E-state index contributed by atoms with van der Waals surface area (Å²) < 4.78 is 5.94. The third kappa shape index (κ3) is 4.08. The number of nitrogens with two attached hydrogens (primary N) is 1. The van der Waals surface area contributed by atoms with Gasteiger partial charge in [-0.2, -0.15) is 5.10 Å². The van der Waals surface area contributed by atoms with Crippen molar-refractivity contribution < 1.29 is 4.74 Å². The fourth-order valence-electron chi connectivity index (χ4n) is 2.43. The summed E-state index contributed by atoms with van der Waals surface area (Å²) in [6.45, 7) is 0.507. The van der Waals surface area contributed by atoms with Crippen LogP contribution in [-0.4, -0.2) is 11.3 Å². The second-order valence-corrected chi connectivity index (χ2v) is 5.67. The highest BCUT2D eigenvalue weighted by Gasteiger charge is 2.02. The maximum absolute atomic E-state index is 5.94. The Bertz CT molecular complexity index is 887.